The molecule has 93 heavy (non-hydrogen) atoms. The molecule has 496 valence electrons. The molecule has 0 amide bonds. The number of nitrogens with zero attached hydrogens (tertiary/aromatic N) is 1. The molecule has 1 aromatic heterocycles. The number of fused-ring (bicyclic) bond motifs is 7. The number of cyclic esters (lactones) is 1. The van der Waals surface area contributed by atoms with E-state index in [2.05, 4.69) is 91.5 Å². The molecule has 20 rings (SSSR count). The number of hydrogen-bond donors (Lipinski definition) is 4. The number of carbonyl (C=O) groups is 3. The predicted molar refractivity (Wildman–Crippen MR) is 343 cm³/mol. The Labute approximate surface area is 549 Å². The van der Waals surface area contributed by atoms with E-state index in [1.165, 1.54) is 56.1 Å². The summed E-state index contributed by atoms with van der Waals surface area (Å²) in [6, 6.07) is 13.3. The number of benzene rings is 1. The van der Waals surface area contributed by atoms with E-state index >= 15 is 19.5 Å². The highest BCUT2D eigenvalue weighted by Crippen LogP contribution is 2.92. The molecule has 1 aromatic carbocycles. The molecule has 29 unspecified atom stereocenters. The number of allylic oxidation sites excluding steroid dienone is 1. The summed E-state index contributed by atoms with van der Waals surface area (Å²) in [7, 11) is 0. The Bertz CT molecular complexity index is 3600. The maximum atomic E-state index is 18.0. The molecule has 6 spiro atoms. The highest BCUT2D eigenvalue weighted by atomic mass is 16.7. The molecule has 4 N–H and O–H groups in total. The lowest BCUT2D eigenvalue weighted by atomic mass is 9.28. The molecule has 10 saturated carbocycles. The number of aliphatic hydroxyl groups is 3. The van der Waals surface area contributed by atoms with Crippen LogP contribution in [0.4, 0.5) is 0 Å². The fourth-order valence-corrected chi connectivity index (χ4v) is 30.5. The van der Waals surface area contributed by atoms with Gasteiger partial charge in [0.1, 0.15) is 29.7 Å². The summed E-state index contributed by atoms with van der Waals surface area (Å²) in [5.41, 5.74) is -6.08. The highest BCUT2D eigenvalue weighted by Gasteiger charge is 3.00. The minimum absolute atomic E-state index is 0.0310. The third-order valence-corrected chi connectivity index (χ3v) is 33.2. The minimum atomic E-state index is -1.57. The Morgan fingerprint density at radius 3 is 2.56 bits per heavy atom. The molecule has 9 bridgehead atoms. The second-order valence-corrected chi connectivity index (χ2v) is 35.9. The zero-order chi connectivity index (χ0) is 62.8. The number of esters is 2. The normalized spacial score (nSPS) is 52.9. The van der Waals surface area contributed by atoms with Gasteiger partial charge in [-0.1, -0.05) is 100 Å². The number of ketones is 1. The van der Waals surface area contributed by atoms with Crippen LogP contribution in [-0.4, -0.2) is 106 Å². The van der Waals surface area contributed by atoms with E-state index in [-0.39, 0.29) is 77.5 Å². The largest absolute Gasteiger partial charge is 0.469 e. The first-order chi connectivity index (χ1) is 45.1. The van der Waals surface area contributed by atoms with Gasteiger partial charge in [-0.3, -0.25) is 14.9 Å². The van der Waals surface area contributed by atoms with Gasteiger partial charge in [-0.05, 0) is 227 Å². The van der Waals surface area contributed by atoms with Crippen LogP contribution >= 0.6 is 0 Å². The van der Waals surface area contributed by atoms with Crippen LogP contribution in [0.25, 0.3) is 0 Å². The molecular formula is C80H100N2O11. The fourth-order valence-electron chi connectivity index (χ4n) is 30.5. The maximum Gasteiger partial charge on any atom is 0.339 e. The highest BCUT2D eigenvalue weighted by molar-refractivity contribution is 5.94. The second-order valence-electron chi connectivity index (χ2n) is 35.9. The lowest BCUT2D eigenvalue weighted by molar-refractivity contribution is -0.315. The molecular weight excluding hydrogens is 1160 g/mol. The molecule has 2 aromatic rings. The van der Waals surface area contributed by atoms with Crippen molar-refractivity contribution < 1.29 is 53.1 Å². The average Bonchev–Trinajstić information content (AvgIpc) is 1.43. The standard InChI is InChI=1S/C80H100N2O11/c1-44-54-16-8-7-14-47(54)19-21-55(44)60-34-52-33-53-38-74(25-9-10-26-74)41-75(53)37-51-36-72(2)77(58-24-29-89-63(58)35-57(62(84)40-83)49-20-22-56-50(32-49)23-28-82-43-81-39-61(56)82)27-11-15-48-18-17-46(30-45-12-5-4-6-13-45)31-59(48)78(80(72)69(91-80)71(88)92-77)65(51)76-42-90-70(87)67(75)79(52,76)93-73(60,3)66(76)64(85)68(78)86/h4-6,12-13,23-24,28-29,34,44,46-51,53-57,59-62,65-69,81,83-84,86H,7-10,14,16-22,25-27,30-33,35-43H2,1-3H3. The lowest BCUT2D eigenvalue weighted by Crippen LogP contribution is -2.83. The molecule has 13 heteroatoms. The van der Waals surface area contributed by atoms with Crippen molar-refractivity contribution in [2.75, 3.05) is 26.4 Å². The number of aliphatic hydroxyl groups excluding tert-OH is 3. The lowest BCUT2D eigenvalue weighted by Gasteiger charge is -2.74. The molecule has 18 aliphatic rings. The van der Waals surface area contributed by atoms with Crippen molar-refractivity contribution in [2.24, 2.45) is 128 Å². The minimum Gasteiger partial charge on any atom is -0.469 e. The summed E-state index contributed by atoms with van der Waals surface area (Å²) in [6.07, 6.45) is 28.0. The SMILES string of the molecule is CC1C2CCCCC2CCC1C1C=C2CC3CC4(CCCC4)CC34CC3CC5(C)C6(c7ccoc7CC(C(O)CO)C7CCC8C(C=CN9CNCC89)C7)CC#CC7CCC(Cc8ccccc8)CC7C7(C(O)C(=O)C8C1(C)OC21C4C(=O)OCC81C37)C51OC1C(=O)O6. The van der Waals surface area contributed by atoms with E-state index in [4.69, 9.17) is 23.4 Å². The van der Waals surface area contributed by atoms with Gasteiger partial charge >= 0.3 is 11.9 Å². The Balaban J connectivity index is 0.808. The smallest absolute Gasteiger partial charge is 0.339 e. The van der Waals surface area contributed by atoms with Crippen LogP contribution < -0.4 is 5.32 Å². The molecule has 11 aliphatic carbocycles. The van der Waals surface area contributed by atoms with Gasteiger partial charge in [-0.2, -0.15) is 0 Å². The number of furan rings is 1. The number of Topliss-reactive ketones (excluding diaryl/α,β-unsaturated/α-hetero) is 1. The van der Waals surface area contributed by atoms with Crippen LogP contribution in [0, 0.1) is 140 Å². The van der Waals surface area contributed by atoms with Crippen molar-refractivity contribution in [1.82, 2.24) is 10.2 Å². The molecule has 29 atom stereocenters. The van der Waals surface area contributed by atoms with Gasteiger partial charge in [0.2, 0.25) is 0 Å². The van der Waals surface area contributed by atoms with E-state index < -0.39 is 98.6 Å². The Kier molecular flexibility index (Phi) is 12.5. The summed E-state index contributed by atoms with van der Waals surface area (Å²) < 4.78 is 38.2. The Morgan fingerprint density at radius 1 is 0.871 bits per heavy atom. The van der Waals surface area contributed by atoms with Crippen molar-refractivity contribution >= 4 is 17.7 Å². The maximum absolute atomic E-state index is 18.0. The number of carbonyl (C=O) groups excluding carboxylic acids is 3. The number of rotatable bonds is 9. The van der Waals surface area contributed by atoms with E-state index in [0.29, 0.717) is 60.7 Å². The second kappa shape index (κ2) is 19.8. The summed E-state index contributed by atoms with van der Waals surface area (Å²) in [5, 5.41) is 42.1. The molecule has 7 aliphatic heterocycles. The van der Waals surface area contributed by atoms with Gasteiger partial charge in [0.25, 0.3) is 0 Å². The molecule has 5 saturated heterocycles. The summed E-state index contributed by atoms with van der Waals surface area (Å²) in [5.74, 6) is 7.75. The number of nitrogens with one attached hydrogen (secondary N) is 1. The third kappa shape index (κ3) is 6.99. The first-order valence-electron chi connectivity index (χ1n) is 37.8. The monoisotopic (exact) mass is 1260 g/mol. The van der Waals surface area contributed by atoms with E-state index in [1.54, 1.807) is 6.26 Å². The van der Waals surface area contributed by atoms with Gasteiger partial charge in [-0.25, -0.2) is 4.79 Å². The topological polar surface area (TPSA) is 181 Å². The van der Waals surface area contributed by atoms with Gasteiger partial charge in [0.15, 0.2) is 17.5 Å². The van der Waals surface area contributed by atoms with E-state index in [9.17, 15) is 10.2 Å². The Hall–Kier alpha value is -4.29. The summed E-state index contributed by atoms with van der Waals surface area (Å²) in [4.78, 5) is 53.1. The Morgan fingerprint density at radius 2 is 1.71 bits per heavy atom. The van der Waals surface area contributed by atoms with Crippen LogP contribution in [0.1, 0.15) is 179 Å². The van der Waals surface area contributed by atoms with Gasteiger partial charge in [0, 0.05) is 47.2 Å². The van der Waals surface area contributed by atoms with Crippen molar-refractivity contribution in [2.45, 2.75) is 222 Å². The number of epoxide rings is 1. The zero-order valence-corrected chi connectivity index (χ0v) is 55.3. The van der Waals surface area contributed by atoms with Gasteiger partial charge < -0.3 is 43.6 Å². The van der Waals surface area contributed by atoms with Gasteiger partial charge in [-0.15, -0.1) is 0 Å². The zero-order valence-electron chi connectivity index (χ0n) is 55.3. The average molecular weight is 1270 g/mol. The number of ether oxygens (including phenoxy) is 4. The molecule has 13 nitrogen and oxygen atoms in total. The van der Waals surface area contributed by atoms with E-state index in [0.717, 1.165) is 102 Å². The van der Waals surface area contributed by atoms with Crippen molar-refractivity contribution in [1.29, 1.82) is 0 Å². The van der Waals surface area contributed by atoms with E-state index in [1.807, 2.05) is 6.07 Å². The van der Waals surface area contributed by atoms with Crippen LogP contribution in [0.2, 0.25) is 0 Å². The quantitative estimate of drug-likeness (QED) is 0.0807. The fraction of sp³-hybridized carbons (Fsp3) is 0.762. The van der Waals surface area contributed by atoms with Crippen LogP contribution in [-0.2, 0) is 51.8 Å². The van der Waals surface area contributed by atoms with Crippen molar-refractivity contribution in [3.63, 3.8) is 0 Å². The molecule has 15 fully saturated rings. The number of hydrogen-bond acceptors (Lipinski definition) is 13. The van der Waals surface area contributed by atoms with Crippen molar-refractivity contribution in [3.8, 4) is 11.8 Å². The van der Waals surface area contributed by atoms with Crippen LogP contribution in [0.15, 0.2) is 71.0 Å². The van der Waals surface area contributed by atoms with Crippen LogP contribution in [0.3, 0.4) is 0 Å². The van der Waals surface area contributed by atoms with Crippen LogP contribution in [0.5, 0.6) is 0 Å². The van der Waals surface area contributed by atoms with Crippen molar-refractivity contribution in [3.05, 3.63) is 83.5 Å². The predicted octanol–water partition coefficient (Wildman–Crippen LogP) is 11.2. The first kappa shape index (κ1) is 58.8. The molecule has 0 radical (unpaired) electrons. The summed E-state index contributed by atoms with van der Waals surface area (Å²) in [6.45, 7) is 8.60. The summed E-state index contributed by atoms with van der Waals surface area (Å²) >= 11 is 0. The first-order valence-corrected chi connectivity index (χ1v) is 37.8. The van der Waals surface area contributed by atoms with Gasteiger partial charge in [0.05, 0.1) is 54.9 Å². The molecule has 8 heterocycles. The third-order valence-electron chi connectivity index (χ3n) is 33.2.